The fourth-order valence-corrected chi connectivity index (χ4v) is 3.30. The highest BCUT2D eigenvalue weighted by Crippen LogP contribution is 2.20. The molecule has 7 heteroatoms. The van der Waals surface area contributed by atoms with E-state index < -0.39 is 21.7 Å². The van der Waals surface area contributed by atoms with Crippen molar-refractivity contribution in [2.24, 2.45) is 0 Å². The zero-order valence-electron chi connectivity index (χ0n) is 14.4. The van der Waals surface area contributed by atoms with Gasteiger partial charge in [0.2, 0.25) is 10.0 Å². The second-order valence-corrected chi connectivity index (χ2v) is 7.75. The molecule has 0 aliphatic carbocycles. The Bertz CT molecular complexity index is 882. The molecule has 2 aromatic rings. The van der Waals surface area contributed by atoms with E-state index in [2.05, 4.69) is 5.32 Å². The third kappa shape index (κ3) is 4.79. The number of hydrogen-bond donors (Lipinski definition) is 1. The highest BCUT2D eigenvalue weighted by Gasteiger charge is 2.18. The van der Waals surface area contributed by atoms with Gasteiger partial charge in [-0.2, -0.15) is 0 Å². The van der Waals surface area contributed by atoms with Gasteiger partial charge in [-0.25, -0.2) is 12.8 Å². The van der Waals surface area contributed by atoms with Gasteiger partial charge in [0.15, 0.2) is 0 Å². The van der Waals surface area contributed by atoms with E-state index in [1.54, 1.807) is 18.2 Å². The number of nitrogens with one attached hydrogen (secondary N) is 1. The van der Waals surface area contributed by atoms with E-state index in [1.165, 1.54) is 22.5 Å². The Morgan fingerprint density at radius 1 is 1.12 bits per heavy atom. The Morgan fingerprint density at radius 3 is 2.40 bits per heavy atom. The molecule has 0 aromatic heterocycles. The summed E-state index contributed by atoms with van der Waals surface area (Å²) in [5.74, 6) is -1.19. The summed E-state index contributed by atoms with van der Waals surface area (Å²) in [7, 11) is -3.51. The molecule has 0 fully saturated rings. The Kier molecular flexibility index (Phi) is 5.79. The van der Waals surface area contributed by atoms with Crippen LogP contribution in [0.15, 0.2) is 42.5 Å². The summed E-state index contributed by atoms with van der Waals surface area (Å²) in [5, 5.41) is 2.55. The number of rotatable bonds is 6. The number of benzene rings is 2. The molecule has 0 radical (unpaired) electrons. The number of halogens is 1. The van der Waals surface area contributed by atoms with E-state index in [4.69, 9.17) is 0 Å². The van der Waals surface area contributed by atoms with Gasteiger partial charge in [-0.1, -0.05) is 18.2 Å². The molecule has 0 atom stereocenters. The number of amides is 1. The maximum absolute atomic E-state index is 13.6. The van der Waals surface area contributed by atoms with Crippen LogP contribution in [0.5, 0.6) is 0 Å². The molecule has 0 aliphatic rings. The summed E-state index contributed by atoms with van der Waals surface area (Å²) in [6.45, 7) is 3.96. The van der Waals surface area contributed by atoms with Crippen molar-refractivity contribution in [2.75, 3.05) is 23.7 Å². The third-order valence-electron chi connectivity index (χ3n) is 3.90. The van der Waals surface area contributed by atoms with E-state index in [-0.39, 0.29) is 18.7 Å². The van der Waals surface area contributed by atoms with Crippen LogP contribution in [-0.4, -0.2) is 33.7 Å². The molecule has 0 bridgehead atoms. The lowest BCUT2D eigenvalue weighted by Gasteiger charge is -2.23. The molecule has 1 amide bonds. The SMILES string of the molecule is Cc1ccc(N(CCNC(=O)c2ccccc2F)S(C)(=O)=O)cc1C. The second kappa shape index (κ2) is 7.65. The number of hydrogen-bond acceptors (Lipinski definition) is 3. The first-order valence-electron chi connectivity index (χ1n) is 7.78. The highest BCUT2D eigenvalue weighted by atomic mass is 32.2. The van der Waals surface area contributed by atoms with Crippen LogP contribution in [-0.2, 0) is 10.0 Å². The van der Waals surface area contributed by atoms with Crippen molar-refractivity contribution < 1.29 is 17.6 Å². The van der Waals surface area contributed by atoms with Gasteiger partial charge in [0, 0.05) is 6.54 Å². The lowest BCUT2D eigenvalue weighted by molar-refractivity contribution is 0.0951. The monoisotopic (exact) mass is 364 g/mol. The fourth-order valence-electron chi connectivity index (χ4n) is 2.38. The molecule has 25 heavy (non-hydrogen) atoms. The molecule has 0 heterocycles. The van der Waals surface area contributed by atoms with Crippen molar-refractivity contribution in [3.63, 3.8) is 0 Å². The first-order chi connectivity index (χ1) is 11.7. The van der Waals surface area contributed by atoms with Crippen molar-refractivity contribution in [1.29, 1.82) is 0 Å². The third-order valence-corrected chi connectivity index (χ3v) is 5.09. The van der Waals surface area contributed by atoms with Crippen molar-refractivity contribution in [1.82, 2.24) is 5.32 Å². The van der Waals surface area contributed by atoms with Gasteiger partial charge < -0.3 is 5.32 Å². The van der Waals surface area contributed by atoms with Gasteiger partial charge in [-0.15, -0.1) is 0 Å². The maximum Gasteiger partial charge on any atom is 0.254 e. The van der Waals surface area contributed by atoms with Gasteiger partial charge >= 0.3 is 0 Å². The van der Waals surface area contributed by atoms with Crippen LogP contribution in [0.25, 0.3) is 0 Å². The predicted octanol–water partition coefficient (Wildman–Crippen LogP) is 2.64. The van der Waals surface area contributed by atoms with E-state index in [0.29, 0.717) is 5.69 Å². The van der Waals surface area contributed by atoms with E-state index in [1.807, 2.05) is 19.9 Å². The maximum atomic E-state index is 13.6. The molecule has 5 nitrogen and oxygen atoms in total. The molecule has 0 saturated heterocycles. The minimum Gasteiger partial charge on any atom is -0.350 e. The summed E-state index contributed by atoms with van der Waals surface area (Å²) in [6.07, 6.45) is 1.11. The predicted molar refractivity (Wildman–Crippen MR) is 96.8 cm³/mol. The Morgan fingerprint density at radius 2 is 1.80 bits per heavy atom. The number of nitrogens with zero attached hydrogens (tertiary/aromatic N) is 1. The largest absolute Gasteiger partial charge is 0.350 e. The number of carbonyl (C=O) groups is 1. The summed E-state index contributed by atoms with van der Waals surface area (Å²) in [6, 6.07) is 11.0. The number of anilines is 1. The lowest BCUT2D eigenvalue weighted by Crippen LogP contribution is -2.38. The first kappa shape index (κ1) is 18.9. The van der Waals surface area contributed by atoms with Crippen LogP contribution in [0.1, 0.15) is 21.5 Å². The minimum atomic E-state index is -3.51. The molecule has 0 saturated carbocycles. The number of sulfonamides is 1. The molecule has 2 aromatic carbocycles. The second-order valence-electron chi connectivity index (χ2n) is 5.84. The lowest BCUT2D eigenvalue weighted by atomic mass is 10.1. The molecule has 0 unspecified atom stereocenters. The summed E-state index contributed by atoms with van der Waals surface area (Å²) >= 11 is 0. The van der Waals surface area contributed by atoms with E-state index >= 15 is 0 Å². The van der Waals surface area contributed by atoms with Crippen molar-refractivity contribution in [2.45, 2.75) is 13.8 Å². The standard InChI is InChI=1S/C18H21FN2O3S/c1-13-8-9-15(12-14(13)2)21(25(3,23)24)11-10-20-18(22)16-6-4-5-7-17(16)19/h4-9,12H,10-11H2,1-3H3,(H,20,22). The van der Waals surface area contributed by atoms with Crippen LogP contribution in [0.3, 0.4) is 0 Å². The van der Waals surface area contributed by atoms with Gasteiger partial charge in [0.1, 0.15) is 5.82 Å². The van der Waals surface area contributed by atoms with Crippen LogP contribution in [0.2, 0.25) is 0 Å². The topological polar surface area (TPSA) is 66.5 Å². The Balaban J connectivity index is 2.10. The van der Waals surface area contributed by atoms with Gasteiger partial charge in [0.25, 0.3) is 5.91 Å². The molecular formula is C18H21FN2O3S. The molecule has 0 spiro atoms. The van der Waals surface area contributed by atoms with Gasteiger partial charge in [-0.3, -0.25) is 9.10 Å². The van der Waals surface area contributed by atoms with Crippen molar-refractivity contribution >= 4 is 21.6 Å². The summed E-state index contributed by atoms with van der Waals surface area (Å²) < 4.78 is 39.0. The van der Waals surface area contributed by atoms with Crippen LogP contribution in [0, 0.1) is 19.7 Å². The molecule has 0 aliphatic heterocycles. The van der Waals surface area contributed by atoms with Crippen LogP contribution in [0.4, 0.5) is 10.1 Å². The van der Waals surface area contributed by atoms with E-state index in [9.17, 15) is 17.6 Å². The van der Waals surface area contributed by atoms with Crippen LogP contribution < -0.4 is 9.62 Å². The number of aryl methyl sites for hydroxylation is 2. The molecular weight excluding hydrogens is 343 g/mol. The zero-order chi connectivity index (χ0) is 18.6. The molecule has 2 rings (SSSR count). The van der Waals surface area contributed by atoms with Gasteiger partial charge in [0.05, 0.1) is 24.1 Å². The average molecular weight is 364 g/mol. The highest BCUT2D eigenvalue weighted by molar-refractivity contribution is 7.92. The normalized spacial score (nSPS) is 11.2. The smallest absolute Gasteiger partial charge is 0.254 e. The Labute approximate surface area is 147 Å². The summed E-state index contributed by atoms with van der Waals surface area (Å²) in [4.78, 5) is 12.0. The summed E-state index contributed by atoms with van der Waals surface area (Å²) in [5.41, 5.74) is 2.50. The van der Waals surface area contributed by atoms with E-state index in [0.717, 1.165) is 17.4 Å². The fraction of sp³-hybridized carbons (Fsp3) is 0.278. The quantitative estimate of drug-likeness (QED) is 0.857. The van der Waals surface area contributed by atoms with Crippen molar-refractivity contribution in [3.05, 3.63) is 65.0 Å². The van der Waals surface area contributed by atoms with Crippen molar-refractivity contribution in [3.8, 4) is 0 Å². The first-order valence-corrected chi connectivity index (χ1v) is 9.62. The zero-order valence-corrected chi connectivity index (χ0v) is 15.2. The minimum absolute atomic E-state index is 0.0571. The molecule has 1 N–H and O–H groups in total. The van der Waals surface area contributed by atoms with Gasteiger partial charge in [-0.05, 0) is 49.2 Å². The van der Waals surface area contributed by atoms with Crippen LogP contribution >= 0.6 is 0 Å². The Hall–Kier alpha value is -2.41. The molecule has 134 valence electrons. The number of carbonyl (C=O) groups excluding carboxylic acids is 1. The average Bonchev–Trinajstić information content (AvgIpc) is 2.53.